The van der Waals surface area contributed by atoms with E-state index in [2.05, 4.69) is 40.0 Å². The van der Waals surface area contributed by atoms with Crippen LogP contribution in [0.3, 0.4) is 0 Å². The summed E-state index contributed by atoms with van der Waals surface area (Å²) in [7, 11) is 0. The number of hydrogen-bond acceptors (Lipinski definition) is 2. The second-order valence-corrected chi connectivity index (χ2v) is 6.40. The van der Waals surface area contributed by atoms with Crippen molar-refractivity contribution in [2.45, 2.75) is 13.0 Å². The molecule has 0 saturated carbocycles. The van der Waals surface area contributed by atoms with Crippen molar-refractivity contribution < 1.29 is 4.79 Å². The molecule has 0 radical (unpaired) electrons. The predicted octanol–water partition coefficient (Wildman–Crippen LogP) is 4.72. The van der Waals surface area contributed by atoms with E-state index in [1.807, 2.05) is 61.5 Å². The highest BCUT2D eigenvalue weighted by atomic mass is 16.2. The van der Waals surface area contributed by atoms with Gasteiger partial charge in [0.1, 0.15) is 6.33 Å². The second-order valence-electron chi connectivity index (χ2n) is 6.40. The molecule has 0 saturated heterocycles. The number of para-hydroxylation sites is 2. The molecule has 2 amide bonds. The number of hydrogen-bond donors (Lipinski definition) is 2. The van der Waals surface area contributed by atoms with Crippen molar-refractivity contribution in [1.82, 2.24) is 15.0 Å². The Kier molecular flexibility index (Phi) is 4.58. The van der Waals surface area contributed by atoms with Crippen LogP contribution < -0.4 is 10.7 Å². The molecule has 0 aliphatic carbocycles. The van der Waals surface area contributed by atoms with Gasteiger partial charge in [0, 0.05) is 0 Å². The third-order valence-corrected chi connectivity index (χ3v) is 4.54. The third-order valence-electron chi connectivity index (χ3n) is 4.54. The van der Waals surface area contributed by atoms with Crippen molar-refractivity contribution in [3.8, 4) is 11.1 Å². The Hall–Kier alpha value is -3.60. The first-order valence-electron chi connectivity index (χ1n) is 8.86. The van der Waals surface area contributed by atoms with Gasteiger partial charge < -0.3 is 5.32 Å². The summed E-state index contributed by atoms with van der Waals surface area (Å²) < 4.78 is 1.62. The Labute approximate surface area is 157 Å². The van der Waals surface area contributed by atoms with Crippen LogP contribution in [0.25, 0.3) is 22.2 Å². The molecule has 4 rings (SSSR count). The van der Waals surface area contributed by atoms with Crippen molar-refractivity contribution in [3.63, 3.8) is 0 Å². The van der Waals surface area contributed by atoms with E-state index in [4.69, 9.17) is 0 Å². The zero-order valence-electron chi connectivity index (χ0n) is 15.0. The Morgan fingerprint density at radius 1 is 0.889 bits per heavy atom. The van der Waals surface area contributed by atoms with Gasteiger partial charge in [-0.25, -0.2) is 19.9 Å². The average molecular weight is 356 g/mol. The summed E-state index contributed by atoms with van der Waals surface area (Å²) in [5, 5.41) is 2.96. The van der Waals surface area contributed by atoms with Crippen molar-refractivity contribution in [3.05, 3.63) is 90.8 Å². The number of imidazole rings is 1. The second kappa shape index (κ2) is 7.33. The molecule has 1 heterocycles. The van der Waals surface area contributed by atoms with E-state index < -0.39 is 0 Å². The molecule has 27 heavy (non-hydrogen) atoms. The number of aromatic nitrogens is 2. The highest BCUT2D eigenvalue weighted by molar-refractivity contribution is 5.85. The fourth-order valence-corrected chi connectivity index (χ4v) is 3.06. The number of amides is 2. The van der Waals surface area contributed by atoms with Crippen LogP contribution in [-0.4, -0.2) is 15.7 Å². The summed E-state index contributed by atoms with van der Waals surface area (Å²) in [6.45, 7) is 1.96. The van der Waals surface area contributed by atoms with Crippen LogP contribution in [0.15, 0.2) is 85.2 Å². The van der Waals surface area contributed by atoms with Crippen LogP contribution in [0.5, 0.6) is 0 Å². The van der Waals surface area contributed by atoms with Gasteiger partial charge in [-0.3, -0.25) is 0 Å². The number of nitrogens with zero attached hydrogens (tertiary/aromatic N) is 2. The maximum absolute atomic E-state index is 12.4. The quantitative estimate of drug-likeness (QED) is 0.556. The van der Waals surface area contributed by atoms with Gasteiger partial charge >= 0.3 is 6.03 Å². The number of urea groups is 1. The number of fused-ring (bicyclic) bond motifs is 1. The fraction of sp³-hybridized carbons (Fsp3) is 0.0909. The molecular formula is C22H20N4O. The number of carbonyl (C=O) groups excluding carboxylic acids is 1. The molecule has 0 aliphatic rings. The Bertz CT molecular complexity index is 1050. The molecular weight excluding hydrogens is 336 g/mol. The fourth-order valence-electron chi connectivity index (χ4n) is 3.06. The van der Waals surface area contributed by atoms with Gasteiger partial charge in [-0.15, -0.1) is 0 Å². The molecule has 0 aliphatic heterocycles. The number of benzene rings is 3. The van der Waals surface area contributed by atoms with E-state index in [1.54, 1.807) is 11.0 Å². The molecule has 1 aromatic heterocycles. The summed E-state index contributed by atoms with van der Waals surface area (Å²) in [5.41, 5.74) is 7.87. The molecule has 1 atom stereocenters. The minimum Gasteiger partial charge on any atom is -0.330 e. The molecule has 4 aromatic rings. The normalized spacial score (nSPS) is 11.9. The molecule has 0 fully saturated rings. The largest absolute Gasteiger partial charge is 0.334 e. The van der Waals surface area contributed by atoms with Crippen LogP contribution in [0.1, 0.15) is 18.5 Å². The lowest BCUT2D eigenvalue weighted by molar-refractivity contribution is 0.247. The Morgan fingerprint density at radius 2 is 1.56 bits per heavy atom. The van der Waals surface area contributed by atoms with E-state index in [9.17, 15) is 4.79 Å². The number of rotatable bonds is 4. The maximum atomic E-state index is 12.4. The van der Waals surface area contributed by atoms with Crippen LogP contribution in [-0.2, 0) is 0 Å². The smallest absolute Gasteiger partial charge is 0.330 e. The summed E-state index contributed by atoms with van der Waals surface area (Å²) in [6, 6.07) is 25.7. The summed E-state index contributed by atoms with van der Waals surface area (Å²) in [4.78, 5) is 16.6. The molecule has 0 bridgehead atoms. The molecule has 5 heteroatoms. The van der Waals surface area contributed by atoms with Gasteiger partial charge in [0.05, 0.1) is 17.1 Å². The zero-order chi connectivity index (χ0) is 18.6. The highest BCUT2D eigenvalue weighted by Crippen LogP contribution is 2.21. The van der Waals surface area contributed by atoms with Crippen LogP contribution in [0.2, 0.25) is 0 Å². The topological polar surface area (TPSA) is 59.0 Å². The van der Waals surface area contributed by atoms with Crippen LogP contribution >= 0.6 is 0 Å². The first-order chi connectivity index (χ1) is 13.2. The molecule has 1 unspecified atom stereocenters. The van der Waals surface area contributed by atoms with Crippen molar-refractivity contribution in [2.24, 2.45) is 0 Å². The SMILES string of the molecule is CC(NC(=O)Nn1cnc2ccccc21)c1ccc(-c2ccccc2)cc1. The van der Waals surface area contributed by atoms with Crippen molar-refractivity contribution >= 4 is 17.1 Å². The minimum atomic E-state index is -0.280. The van der Waals surface area contributed by atoms with Crippen LogP contribution in [0.4, 0.5) is 4.79 Å². The van der Waals surface area contributed by atoms with Crippen molar-refractivity contribution in [2.75, 3.05) is 5.43 Å². The third kappa shape index (κ3) is 3.67. The van der Waals surface area contributed by atoms with Gasteiger partial charge in [0.2, 0.25) is 0 Å². The number of carbonyl (C=O) groups is 1. The lowest BCUT2D eigenvalue weighted by Crippen LogP contribution is -2.35. The van der Waals surface area contributed by atoms with Gasteiger partial charge in [0.25, 0.3) is 0 Å². The van der Waals surface area contributed by atoms with Crippen LogP contribution in [0, 0.1) is 0 Å². The lowest BCUT2D eigenvalue weighted by Gasteiger charge is -2.16. The van der Waals surface area contributed by atoms with E-state index in [1.165, 1.54) is 5.56 Å². The molecule has 5 nitrogen and oxygen atoms in total. The van der Waals surface area contributed by atoms with Crippen molar-refractivity contribution in [1.29, 1.82) is 0 Å². The predicted molar refractivity (Wildman–Crippen MR) is 108 cm³/mol. The van der Waals surface area contributed by atoms with Gasteiger partial charge in [-0.05, 0) is 35.7 Å². The number of nitrogens with one attached hydrogen (secondary N) is 2. The average Bonchev–Trinajstić information content (AvgIpc) is 3.11. The Balaban J connectivity index is 1.42. The summed E-state index contributed by atoms with van der Waals surface area (Å²) >= 11 is 0. The van der Waals surface area contributed by atoms with E-state index in [-0.39, 0.29) is 12.1 Å². The highest BCUT2D eigenvalue weighted by Gasteiger charge is 2.11. The van der Waals surface area contributed by atoms with E-state index >= 15 is 0 Å². The summed E-state index contributed by atoms with van der Waals surface area (Å²) in [5.74, 6) is 0. The van der Waals surface area contributed by atoms with E-state index in [0.717, 1.165) is 22.2 Å². The molecule has 134 valence electrons. The lowest BCUT2D eigenvalue weighted by atomic mass is 10.0. The summed E-state index contributed by atoms with van der Waals surface area (Å²) in [6.07, 6.45) is 1.60. The van der Waals surface area contributed by atoms with E-state index in [0.29, 0.717) is 0 Å². The van der Waals surface area contributed by atoms with Gasteiger partial charge in [0.15, 0.2) is 0 Å². The minimum absolute atomic E-state index is 0.121. The Morgan fingerprint density at radius 3 is 2.33 bits per heavy atom. The van der Waals surface area contributed by atoms with Gasteiger partial charge in [-0.2, -0.15) is 0 Å². The first-order valence-corrected chi connectivity index (χ1v) is 8.86. The maximum Gasteiger partial charge on any atom is 0.334 e. The molecule has 3 aromatic carbocycles. The zero-order valence-corrected chi connectivity index (χ0v) is 15.0. The monoisotopic (exact) mass is 356 g/mol. The first kappa shape index (κ1) is 16.8. The van der Waals surface area contributed by atoms with Gasteiger partial charge in [-0.1, -0.05) is 66.7 Å². The standard InChI is InChI=1S/C22H20N4O/c1-16(17-11-13-19(14-12-17)18-7-3-2-4-8-18)24-22(27)25-26-15-23-20-9-5-6-10-21(20)26/h2-16H,1H3,(H2,24,25,27). The molecule has 2 N–H and O–H groups in total. The molecule has 0 spiro atoms.